The summed E-state index contributed by atoms with van der Waals surface area (Å²) in [6.07, 6.45) is 0. The molecule has 0 saturated carbocycles. The molecular weight excluding hydrogens is 296 g/mol. The normalized spacial score (nSPS) is 12.4. The Morgan fingerprint density at radius 1 is 0.667 bits per heavy atom. The highest BCUT2D eigenvalue weighted by Gasteiger charge is 2.36. The van der Waals surface area contributed by atoms with Gasteiger partial charge in [-0.15, -0.1) is 12.4 Å². The summed E-state index contributed by atoms with van der Waals surface area (Å²) < 4.78 is 0. The van der Waals surface area contributed by atoms with E-state index in [1.165, 1.54) is 24.3 Å². The number of phenolic OH excluding ortho intramolecular Hbond substituents is 2. The first-order chi connectivity index (χ1) is 9.43. The van der Waals surface area contributed by atoms with E-state index < -0.39 is 11.6 Å². The molecule has 2 aromatic carbocycles. The van der Waals surface area contributed by atoms with E-state index in [4.69, 9.17) is 11.5 Å². The summed E-state index contributed by atoms with van der Waals surface area (Å²) in [6, 6.07) is 5.13. The molecule has 0 saturated heterocycles. The summed E-state index contributed by atoms with van der Waals surface area (Å²) in [6.45, 7) is 0. The smallest absolute Gasteiger partial charge is 0.200 e. The third kappa shape index (κ3) is 1.80. The van der Waals surface area contributed by atoms with Crippen LogP contribution < -0.4 is 11.5 Å². The quantitative estimate of drug-likeness (QED) is 0.368. The largest absolute Gasteiger partial charge is 0.507 e. The first kappa shape index (κ1) is 14.7. The number of ketones is 2. The van der Waals surface area contributed by atoms with Gasteiger partial charge in [-0.05, 0) is 24.3 Å². The highest BCUT2D eigenvalue weighted by Crippen LogP contribution is 2.40. The van der Waals surface area contributed by atoms with E-state index in [-0.39, 0.29) is 57.5 Å². The molecule has 108 valence electrons. The van der Waals surface area contributed by atoms with Crippen molar-refractivity contribution in [1.29, 1.82) is 0 Å². The van der Waals surface area contributed by atoms with Crippen molar-refractivity contribution in [1.82, 2.24) is 0 Å². The van der Waals surface area contributed by atoms with Crippen molar-refractivity contribution in [3.05, 3.63) is 46.5 Å². The molecule has 0 aliphatic heterocycles. The number of carbonyl (C=O) groups is 2. The molecule has 6 N–H and O–H groups in total. The Labute approximate surface area is 125 Å². The minimum absolute atomic E-state index is 0. The topological polar surface area (TPSA) is 127 Å². The van der Waals surface area contributed by atoms with Gasteiger partial charge in [-0.2, -0.15) is 0 Å². The molecule has 0 atom stereocenters. The van der Waals surface area contributed by atoms with Crippen LogP contribution in [-0.2, 0) is 0 Å². The molecule has 0 radical (unpaired) electrons. The lowest BCUT2D eigenvalue weighted by Crippen LogP contribution is -2.24. The number of hydrogen-bond donors (Lipinski definition) is 4. The SMILES string of the molecule is Cl.Nc1ccc(O)c2c1C(=O)c1c(O)ccc(N)c1C2=O. The Morgan fingerprint density at radius 3 is 1.33 bits per heavy atom. The molecule has 0 unspecified atom stereocenters. The zero-order valence-corrected chi connectivity index (χ0v) is 11.4. The van der Waals surface area contributed by atoms with Crippen LogP contribution in [0.3, 0.4) is 0 Å². The molecule has 0 fully saturated rings. The van der Waals surface area contributed by atoms with Crippen LogP contribution in [0.15, 0.2) is 24.3 Å². The monoisotopic (exact) mass is 306 g/mol. The zero-order valence-electron chi connectivity index (χ0n) is 10.6. The number of nitrogen functional groups attached to an aromatic ring is 2. The molecule has 3 rings (SSSR count). The Morgan fingerprint density at radius 2 is 1.00 bits per heavy atom. The van der Waals surface area contributed by atoms with E-state index in [0.29, 0.717) is 0 Å². The van der Waals surface area contributed by atoms with Gasteiger partial charge in [0.25, 0.3) is 0 Å². The summed E-state index contributed by atoms with van der Waals surface area (Å²) in [5, 5.41) is 19.6. The van der Waals surface area contributed by atoms with Crippen LogP contribution >= 0.6 is 12.4 Å². The first-order valence-electron chi connectivity index (χ1n) is 5.75. The third-order valence-electron chi connectivity index (χ3n) is 3.34. The molecule has 6 nitrogen and oxygen atoms in total. The average molecular weight is 307 g/mol. The van der Waals surface area contributed by atoms with Gasteiger partial charge in [-0.1, -0.05) is 0 Å². The van der Waals surface area contributed by atoms with Crippen molar-refractivity contribution in [2.24, 2.45) is 0 Å². The Balaban J connectivity index is 0.00000161. The van der Waals surface area contributed by atoms with Gasteiger partial charge in [0.15, 0.2) is 0 Å². The van der Waals surface area contributed by atoms with Crippen LogP contribution in [0.1, 0.15) is 31.8 Å². The van der Waals surface area contributed by atoms with Gasteiger partial charge in [-0.25, -0.2) is 0 Å². The summed E-state index contributed by atoms with van der Waals surface area (Å²) in [5.74, 6) is -1.96. The van der Waals surface area contributed by atoms with E-state index in [2.05, 4.69) is 0 Å². The van der Waals surface area contributed by atoms with E-state index in [1.807, 2.05) is 0 Å². The number of benzene rings is 2. The van der Waals surface area contributed by atoms with E-state index in [1.54, 1.807) is 0 Å². The number of halogens is 1. The lowest BCUT2D eigenvalue weighted by molar-refractivity contribution is 0.0975. The molecule has 1 aliphatic rings. The second kappa shape index (κ2) is 4.68. The fourth-order valence-corrected chi connectivity index (χ4v) is 2.41. The summed E-state index contributed by atoms with van der Waals surface area (Å²) >= 11 is 0. The average Bonchev–Trinajstić information content (AvgIpc) is 2.41. The number of nitrogens with two attached hydrogens (primary N) is 2. The number of carbonyl (C=O) groups excluding carboxylic acids is 2. The van der Waals surface area contributed by atoms with Gasteiger partial charge in [-0.3, -0.25) is 9.59 Å². The first-order valence-corrected chi connectivity index (χ1v) is 5.75. The molecule has 1 aliphatic carbocycles. The highest BCUT2D eigenvalue weighted by atomic mass is 35.5. The highest BCUT2D eigenvalue weighted by molar-refractivity contribution is 6.33. The fraction of sp³-hybridized carbons (Fsp3) is 0. The van der Waals surface area contributed by atoms with Crippen molar-refractivity contribution in [3.8, 4) is 11.5 Å². The van der Waals surface area contributed by atoms with Gasteiger partial charge in [0, 0.05) is 11.4 Å². The van der Waals surface area contributed by atoms with E-state index in [0.717, 1.165) is 0 Å². The number of rotatable bonds is 0. The molecule has 0 spiro atoms. The number of hydrogen-bond acceptors (Lipinski definition) is 6. The van der Waals surface area contributed by atoms with Crippen molar-refractivity contribution in [3.63, 3.8) is 0 Å². The molecular formula is C14H11ClN2O4. The molecule has 2 aromatic rings. The predicted molar refractivity (Wildman–Crippen MR) is 79.2 cm³/mol. The van der Waals surface area contributed by atoms with Crippen LogP contribution in [-0.4, -0.2) is 21.8 Å². The van der Waals surface area contributed by atoms with Crippen LogP contribution in [0.4, 0.5) is 11.4 Å². The van der Waals surface area contributed by atoms with E-state index >= 15 is 0 Å². The number of phenols is 2. The Kier molecular flexibility index (Phi) is 3.27. The van der Waals surface area contributed by atoms with Crippen molar-refractivity contribution in [2.45, 2.75) is 0 Å². The standard InChI is InChI=1S/C14H10N2O4.ClH/c15-5-1-3-7(17)11-9(5)13(19)12-8(18)4-2-6(16)10(12)14(11)20;/h1-4,17-18H,15-16H2;1H. The Hall–Kier alpha value is -2.73. The molecule has 0 amide bonds. The van der Waals surface area contributed by atoms with Crippen molar-refractivity contribution >= 4 is 35.3 Å². The second-order valence-corrected chi connectivity index (χ2v) is 4.51. The maximum Gasteiger partial charge on any atom is 0.200 e. The fourth-order valence-electron chi connectivity index (χ4n) is 2.41. The van der Waals surface area contributed by atoms with Gasteiger partial charge in [0.2, 0.25) is 11.6 Å². The molecule has 21 heavy (non-hydrogen) atoms. The maximum atomic E-state index is 12.4. The van der Waals surface area contributed by atoms with Crippen LogP contribution in [0.2, 0.25) is 0 Å². The maximum absolute atomic E-state index is 12.4. The van der Waals surface area contributed by atoms with Crippen LogP contribution in [0.25, 0.3) is 0 Å². The second-order valence-electron chi connectivity index (χ2n) is 4.51. The van der Waals surface area contributed by atoms with Gasteiger partial charge >= 0.3 is 0 Å². The molecule has 7 heteroatoms. The van der Waals surface area contributed by atoms with Gasteiger partial charge < -0.3 is 21.7 Å². The van der Waals surface area contributed by atoms with E-state index in [9.17, 15) is 19.8 Å². The summed E-state index contributed by atoms with van der Waals surface area (Å²) in [4.78, 5) is 24.9. The molecule has 0 bridgehead atoms. The molecule has 0 aromatic heterocycles. The third-order valence-corrected chi connectivity index (χ3v) is 3.34. The lowest BCUT2D eigenvalue weighted by Gasteiger charge is -2.21. The van der Waals surface area contributed by atoms with Gasteiger partial charge in [0.1, 0.15) is 11.5 Å². The summed E-state index contributed by atoms with van der Waals surface area (Å²) in [5.41, 5.74) is 11.0. The number of fused-ring (bicyclic) bond motifs is 2. The molecule has 0 heterocycles. The zero-order chi connectivity index (χ0) is 14.6. The van der Waals surface area contributed by atoms with Crippen molar-refractivity contribution in [2.75, 3.05) is 11.5 Å². The van der Waals surface area contributed by atoms with Crippen LogP contribution in [0, 0.1) is 0 Å². The predicted octanol–water partition coefficient (Wildman–Crippen LogP) is 1.46. The van der Waals surface area contributed by atoms with Crippen molar-refractivity contribution < 1.29 is 19.8 Å². The van der Waals surface area contributed by atoms with Crippen LogP contribution in [0.5, 0.6) is 11.5 Å². The summed E-state index contributed by atoms with van der Waals surface area (Å²) in [7, 11) is 0. The minimum Gasteiger partial charge on any atom is -0.507 e. The van der Waals surface area contributed by atoms with Gasteiger partial charge in [0.05, 0.1) is 22.3 Å². The number of aromatic hydroxyl groups is 2. The lowest BCUT2D eigenvalue weighted by atomic mass is 9.81. The Bertz CT molecular complexity index is 673. The minimum atomic E-state index is -0.632. The number of anilines is 2.